The van der Waals surface area contributed by atoms with Gasteiger partial charge >= 0.3 is 5.97 Å². The van der Waals surface area contributed by atoms with Crippen LogP contribution in [-0.4, -0.2) is 54.6 Å². The van der Waals surface area contributed by atoms with Gasteiger partial charge in [-0.1, -0.05) is 17.7 Å². The van der Waals surface area contributed by atoms with E-state index in [0.717, 1.165) is 0 Å². The molecule has 9 heteroatoms. The number of ether oxygens (including phenoxy) is 1. The Balaban J connectivity index is 1.74. The number of hydrogen-bond acceptors (Lipinski definition) is 6. The van der Waals surface area contributed by atoms with Gasteiger partial charge in [0, 0.05) is 28.5 Å². The predicted molar refractivity (Wildman–Crippen MR) is 112 cm³/mol. The molecule has 8 nitrogen and oxygen atoms in total. The number of carbonyl (C=O) groups excluding carboxylic acids is 3. The summed E-state index contributed by atoms with van der Waals surface area (Å²) in [5.74, 6) is -1.35. The number of carbonyl (C=O) groups is 3. The molecule has 0 fully saturated rings. The lowest BCUT2D eigenvalue weighted by atomic mass is 10.1. The van der Waals surface area contributed by atoms with E-state index in [4.69, 9.17) is 21.4 Å². The number of aliphatic hydroxyl groups is 1. The molecule has 0 aliphatic carbocycles. The number of amides is 2. The molecule has 0 saturated heterocycles. The van der Waals surface area contributed by atoms with Gasteiger partial charge in [0.15, 0.2) is 0 Å². The highest BCUT2D eigenvalue weighted by atomic mass is 35.5. The van der Waals surface area contributed by atoms with Gasteiger partial charge in [0.2, 0.25) is 0 Å². The molecular weight excluding hydrogens is 410 g/mol. The van der Waals surface area contributed by atoms with Crippen LogP contribution in [0.3, 0.4) is 0 Å². The molecule has 0 unspecified atom stereocenters. The third-order valence-electron chi connectivity index (χ3n) is 4.45. The van der Waals surface area contributed by atoms with Crippen LogP contribution in [0.2, 0.25) is 5.02 Å². The first-order valence-electron chi connectivity index (χ1n) is 9.08. The zero-order valence-corrected chi connectivity index (χ0v) is 16.9. The van der Waals surface area contributed by atoms with E-state index in [2.05, 4.69) is 10.6 Å². The Bertz CT molecular complexity index is 1000. The van der Waals surface area contributed by atoms with Crippen molar-refractivity contribution in [2.45, 2.75) is 0 Å². The van der Waals surface area contributed by atoms with E-state index in [1.165, 1.54) is 12.0 Å². The van der Waals surface area contributed by atoms with Crippen LogP contribution < -0.4 is 10.6 Å². The SMILES string of the molecule is COC(=O)C1=C(Nc2ccc(C(=O)Nc3cccc(Cl)c3)cc2)C(=O)N(CCO)C1. The van der Waals surface area contributed by atoms with Crippen molar-refractivity contribution in [3.63, 3.8) is 0 Å². The lowest BCUT2D eigenvalue weighted by Crippen LogP contribution is -2.31. The normalized spacial score (nSPS) is 13.4. The predicted octanol–water partition coefficient (Wildman–Crippen LogP) is 2.27. The summed E-state index contributed by atoms with van der Waals surface area (Å²) in [5.41, 5.74) is 1.76. The van der Waals surface area contributed by atoms with Crippen LogP contribution in [0, 0.1) is 0 Å². The van der Waals surface area contributed by atoms with E-state index < -0.39 is 11.9 Å². The minimum absolute atomic E-state index is 0.0501. The van der Waals surface area contributed by atoms with E-state index >= 15 is 0 Å². The maximum atomic E-state index is 12.5. The first-order valence-corrected chi connectivity index (χ1v) is 9.46. The maximum absolute atomic E-state index is 12.5. The van der Waals surface area contributed by atoms with Gasteiger partial charge in [-0.25, -0.2) is 4.79 Å². The minimum Gasteiger partial charge on any atom is -0.466 e. The highest BCUT2D eigenvalue weighted by Gasteiger charge is 2.34. The Kier molecular flexibility index (Phi) is 6.71. The van der Waals surface area contributed by atoms with E-state index in [1.807, 2.05) is 0 Å². The van der Waals surface area contributed by atoms with Crippen LogP contribution in [0.25, 0.3) is 0 Å². The molecular formula is C21H20ClN3O5. The number of benzene rings is 2. The molecule has 0 atom stereocenters. The maximum Gasteiger partial charge on any atom is 0.337 e. The molecule has 1 heterocycles. The third-order valence-corrected chi connectivity index (χ3v) is 4.69. The van der Waals surface area contributed by atoms with Gasteiger partial charge in [-0.05, 0) is 42.5 Å². The first kappa shape index (κ1) is 21.4. The molecule has 0 radical (unpaired) electrons. The molecule has 3 N–H and O–H groups in total. The smallest absolute Gasteiger partial charge is 0.337 e. The Morgan fingerprint density at radius 3 is 2.53 bits per heavy atom. The van der Waals surface area contributed by atoms with Crippen molar-refractivity contribution in [3.05, 3.63) is 70.4 Å². The van der Waals surface area contributed by atoms with Crippen LogP contribution in [0.5, 0.6) is 0 Å². The van der Waals surface area contributed by atoms with Crippen molar-refractivity contribution in [3.8, 4) is 0 Å². The molecule has 2 aromatic rings. The van der Waals surface area contributed by atoms with Crippen LogP contribution in [0.4, 0.5) is 11.4 Å². The van der Waals surface area contributed by atoms with E-state index in [-0.39, 0.29) is 36.9 Å². The lowest BCUT2D eigenvalue weighted by Gasteiger charge is -2.15. The molecule has 0 saturated carbocycles. The van der Waals surface area contributed by atoms with Gasteiger partial charge in [0.25, 0.3) is 11.8 Å². The minimum atomic E-state index is -0.621. The van der Waals surface area contributed by atoms with E-state index in [1.54, 1.807) is 48.5 Å². The number of methoxy groups -OCH3 is 1. The fraction of sp³-hybridized carbons (Fsp3) is 0.190. The summed E-state index contributed by atoms with van der Waals surface area (Å²) in [7, 11) is 1.24. The number of anilines is 2. The molecule has 2 aromatic carbocycles. The highest BCUT2D eigenvalue weighted by Crippen LogP contribution is 2.23. The number of hydrogen-bond donors (Lipinski definition) is 3. The number of aliphatic hydroxyl groups excluding tert-OH is 1. The number of β-amino-alcohol motifs (C(OH)–C–C–N with tert-alkyl or cyclic N) is 1. The monoisotopic (exact) mass is 429 g/mol. The summed E-state index contributed by atoms with van der Waals surface area (Å²) < 4.78 is 4.75. The molecule has 0 aromatic heterocycles. The van der Waals surface area contributed by atoms with E-state index in [0.29, 0.717) is 22.0 Å². The van der Waals surface area contributed by atoms with Gasteiger partial charge in [0.05, 0.1) is 25.8 Å². The summed E-state index contributed by atoms with van der Waals surface area (Å²) >= 11 is 5.92. The molecule has 156 valence electrons. The molecule has 2 amide bonds. The second-order valence-electron chi connectivity index (χ2n) is 6.46. The second-order valence-corrected chi connectivity index (χ2v) is 6.90. The summed E-state index contributed by atoms with van der Waals surface area (Å²) in [6.45, 7) is -0.0639. The molecule has 0 bridgehead atoms. The average molecular weight is 430 g/mol. The zero-order chi connectivity index (χ0) is 21.7. The summed E-state index contributed by atoms with van der Waals surface area (Å²) in [6, 6.07) is 13.2. The average Bonchev–Trinajstić information content (AvgIpc) is 3.04. The standard InChI is InChI=1S/C21H20ClN3O5/c1-30-21(29)17-12-25(9-10-26)20(28)18(17)23-15-7-5-13(6-8-15)19(27)24-16-4-2-3-14(22)11-16/h2-8,11,23,26H,9-10,12H2,1H3,(H,24,27). The van der Waals surface area contributed by atoms with Gasteiger partial charge in [-0.2, -0.15) is 0 Å². The largest absolute Gasteiger partial charge is 0.466 e. The molecule has 30 heavy (non-hydrogen) atoms. The fourth-order valence-corrected chi connectivity index (χ4v) is 3.16. The molecule has 1 aliphatic heterocycles. The second kappa shape index (κ2) is 9.43. The summed E-state index contributed by atoms with van der Waals surface area (Å²) in [5, 5.41) is 15.3. The van der Waals surface area contributed by atoms with Crippen LogP contribution in [0.15, 0.2) is 59.8 Å². The molecule has 0 spiro atoms. The number of rotatable bonds is 7. The Morgan fingerprint density at radius 1 is 1.17 bits per heavy atom. The fourth-order valence-electron chi connectivity index (χ4n) is 2.97. The Morgan fingerprint density at radius 2 is 1.90 bits per heavy atom. The van der Waals surface area contributed by atoms with Crippen molar-refractivity contribution >= 4 is 40.8 Å². The van der Waals surface area contributed by atoms with Crippen LogP contribution in [-0.2, 0) is 14.3 Å². The topological polar surface area (TPSA) is 108 Å². The number of halogens is 1. The van der Waals surface area contributed by atoms with Crippen molar-refractivity contribution in [1.29, 1.82) is 0 Å². The van der Waals surface area contributed by atoms with Gasteiger partial charge in [-0.15, -0.1) is 0 Å². The zero-order valence-electron chi connectivity index (χ0n) is 16.1. The number of esters is 1. The highest BCUT2D eigenvalue weighted by molar-refractivity contribution is 6.31. The molecule has 3 rings (SSSR count). The van der Waals surface area contributed by atoms with Crippen molar-refractivity contribution in [2.75, 3.05) is 37.4 Å². The van der Waals surface area contributed by atoms with Gasteiger partial charge < -0.3 is 25.4 Å². The van der Waals surface area contributed by atoms with Crippen molar-refractivity contribution in [2.24, 2.45) is 0 Å². The van der Waals surface area contributed by atoms with Crippen LogP contribution in [0.1, 0.15) is 10.4 Å². The first-order chi connectivity index (χ1) is 14.4. The summed E-state index contributed by atoms with van der Waals surface area (Å²) in [6.07, 6.45) is 0. The number of nitrogens with one attached hydrogen (secondary N) is 2. The Hall–Kier alpha value is -3.36. The third kappa shape index (κ3) is 4.79. The van der Waals surface area contributed by atoms with E-state index in [9.17, 15) is 14.4 Å². The van der Waals surface area contributed by atoms with Crippen LogP contribution >= 0.6 is 11.6 Å². The summed E-state index contributed by atoms with van der Waals surface area (Å²) in [4.78, 5) is 38.3. The lowest BCUT2D eigenvalue weighted by molar-refractivity contribution is -0.136. The van der Waals surface area contributed by atoms with Crippen molar-refractivity contribution < 1.29 is 24.2 Å². The quantitative estimate of drug-likeness (QED) is 0.583. The van der Waals surface area contributed by atoms with Gasteiger partial charge in [-0.3, -0.25) is 9.59 Å². The number of nitrogens with zero attached hydrogens (tertiary/aromatic N) is 1. The van der Waals surface area contributed by atoms with Gasteiger partial charge in [0.1, 0.15) is 5.70 Å². The Labute approximate surface area is 178 Å². The molecule has 1 aliphatic rings. The van der Waals surface area contributed by atoms with Crippen molar-refractivity contribution in [1.82, 2.24) is 4.90 Å².